The Hall–Kier alpha value is -2.07. The lowest BCUT2D eigenvalue weighted by atomic mass is 10.0. The Morgan fingerprint density at radius 2 is 1.80 bits per heavy atom. The Labute approximate surface area is 150 Å². The number of piperidine rings is 1. The maximum Gasteiger partial charge on any atom is 0.128 e. The summed E-state index contributed by atoms with van der Waals surface area (Å²) in [6, 6.07) is 15.6. The molecule has 4 heteroatoms. The van der Waals surface area contributed by atoms with E-state index in [2.05, 4.69) is 62.6 Å². The van der Waals surface area contributed by atoms with E-state index in [0.29, 0.717) is 6.04 Å². The normalized spacial score (nSPS) is 21.4. The second-order valence-electron chi connectivity index (χ2n) is 7.30. The molecule has 25 heavy (non-hydrogen) atoms. The Morgan fingerprint density at radius 1 is 0.960 bits per heavy atom. The van der Waals surface area contributed by atoms with Gasteiger partial charge in [0.25, 0.3) is 0 Å². The fraction of sp³-hybridized carbons (Fsp3) is 0.476. The van der Waals surface area contributed by atoms with Gasteiger partial charge in [-0.25, -0.2) is 4.98 Å². The van der Waals surface area contributed by atoms with Crippen molar-refractivity contribution in [3.05, 3.63) is 54.2 Å². The molecular formula is C21H28N4. The summed E-state index contributed by atoms with van der Waals surface area (Å²) in [5, 5.41) is 3.69. The lowest BCUT2D eigenvalue weighted by Gasteiger charge is -2.33. The molecule has 2 aliphatic rings. The molecule has 1 unspecified atom stereocenters. The van der Waals surface area contributed by atoms with Gasteiger partial charge < -0.3 is 10.2 Å². The molecule has 0 aliphatic carbocycles. The standard InChI is InChI=1S/C21H28N4/c1-2-7-18(8-3-1)16-24-12-6-9-20(17-24)23-19-10-11-21(22-15-19)25-13-4-5-14-25/h1-3,7-8,10-11,15,20,23H,4-6,9,12-14,16-17H2. The van der Waals surface area contributed by atoms with Crippen LogP contribution in [0.4, 0.5) is 11.5 Å². The summed E-state index contributed by atoms with van der Waals surface area (Å²) in [5.74, 6) is 1.12. The molecule has 1 aromatic carbocycles. The molecule has 3 heterocycles. The number of nitrogens with one attached hydrogen (secondary N) is 1. The second-order valence-corrected chi connectivity index (χ2v) is 7.30. The van der Waals surface area contributed by atoms with Crippen LogP contribution in [-0.4, -0.2) is 42.1 Å². The lowest BCUT2D eigenvalue weighted by molar-refractivity contribution is 0.208. The molecule has 0 spiro atoms. The van der Waals surface area contributed by atoms with Crippen molar-refractivity contribution in [3.8, 4) is 0 Å². The van der Waals surface area contributed by atoms with Crippen LogP contribution < -0.4 is 10.2 Å². The number of hydrogen-bond acceptors (Lipinski definition) is 4. The van der Waals surface area contributed by atoms with Gasteiger partial charge in [0.15, 0.2) is 0 Å². The van der Waals surface area contributed by atoms with Crippen molar-refractivity contribution >= 4 is 11.5 Å². The van der Waals surface area contributed by atoms with Gasteiger partial charge in [-0.3, -0.25) is 4.90 Å². The number of benzene rings is 1. The average molecular weight is 336 g/mol. The van der Waals surface area contributed by atoms with E-state index in [-0.39, 0.29) is 0 Å². The van der Waals surface area contributed by atoms with Crippen LogP contribution in [0.2, 0.25) is 0 Å². The Balaban J connectivity index is 1.32. The van der Waals surface area contributed by atoms with Crippen molar-refractivity contribution in [1.29, 1.82) is 0 Å². The zero-order valence-electron chi connectivity index (χ0n) is 14.9. The maximum atomic E-state index is 4.66. The molecular weight excluding hydrogens is 308 g/mol. The Bertz CT molecular complexity index is 649. The van der Waals surface area contributed by atoms with Crippen LogP contribution in [0.15, 0.2) is 48.7 Å². The summed E-state index contributed by atoms with van der Waals surface area (Å²) in [5.41, 5.74) is 2.55. The van der Waals surface area contributed by atoms with E-state index >= 15 is 0 Å². The fourth-order valence-electron chi connectivity index (χ4n) is 4.00. The zero-order chi connectivity index (χ0) is 16.9. The monoisotopic (exact) mass is 336 g/mol. The third-order valence-electron chi connectivity index (χ3n) is 5.30. The van der Waals surface area contributed by atoms with Crippen molar-refractivity contribution in [3.63, 3.8) is 0 Å². The van der Waals surface area contributed by atoms with Gasteiger partial charge in [-0.2, -0.15) is 0 Å². The molecule has 0 radical (unpaired) electrons. The smallest absolute Gasteiger partial charge is 0.128 e. The number of likely N-dealkylation sites (tertiary alicyclic amines) is 1. The van der Waals surface area contributed by atoms with Crippen LogP contribution in [0, 0.1) is 0 Å². The van der Waals surface area contributed by atoms with Crippen molar-refractivity contribution in [1.82, 2.24) is 9.88 Å². The Morgan fingerprint density at radius 3 is 2.56 bits per heavy atom. The molecule has 1 atom stereocenters. The minimum Gasteiger partial charge on any atom is -0.380 e. The molecule has 2 fully saturated rings. The summed E-state index contributed by atoms with van der Waals surface area (Å²) in [6.45, 7) is 5.64. The van der Waals surface area contributed by atoms with Gasteiger partial charge in [0, 0.05) is 32.2 Å². The minimum atomic E-state index is 0.511. The zero-order valence-corrected chi connectivity index (χ0v) is 14.9. The maximum absolute atomic E-state index is 4.66. The molecule has 1 aromatic heterocycles. The highest BCUT2D eigenvalue weighted by atomic mass is 15.2. The van der Waals surface area contributed by atoms with Gasteiger partial charge in [-0.05, 0) is 49.9 Å². The predicted molar refractivity (Wildman–Crippen MR) is 104 cm³/mol. The van der Waals surface area contributed by atoms with Gasteiger partial charge in [0.1, 0.15) is 5.82 Å². The predicted octanol–water partition coefficient (Wildman–Crippen LogP) is 3.76. The van der Waals surface area contributed by atoms with Gasteiger partial charge in [-0.1, -0.05) is 30.3 Å². The van der Waals surface area contributed by atoms with E-state index in [1.54, 1.807) is 0 Å². The second kappa shape index (κ2) is 7.87. The van der Waals surface area contributed by atoms with E-state index in [1.807, 2.05) is 6.20 Å². The summed E-state index contributed by atoms with van der Waals surface area (Å²) >= 11 is 0. The molecule has 2 saturated heterocycles. The molecule has 0 saturated carbocycles. The first kappa shape index (κ1) is 16.4. The summed E-state index contributed by atoms with van der Waals surface area (Å²) < 4.78 is 0. The van der Waals surface area contributed by atoms with E-state index in [1.165, 1.54) is 37.8 Å². The van der Waals surface area contributed by atoms with Crippen molar-refractivity contribution in [2.45, 2.75) is 38.3 Å². The number of hydrogen-bond donors (Lipinski definition) is 1. The quantitative estimate of drug-likeness (QED) is 0.901. The molecule has 4 rings (SSSR count). The van der Waals surface area contributed by atoms with Gasteiger partial charge in [0.05, 0.1) is 11.9 Å². The van der Waals surface area contributed by atoms with Crippen LogP contribution in [-0.2, 0) is 6.54 Å². The summed E-state index contributed by atoms with van der Waals surface area (Å²) in [4.78, 5) is 9.60. The van der Waals surface area contributed by atoms with Crippen LogP contribution in [0.1, 0.15) is 31.2 Å². The van der Waals surface area contributed by atoms with E-state index in [4.69, 9.17) is 0 Å². The van der Waals surface area contributed by atoms with Gasteiger partial charge in [-0.15, -0.1) is 0 Å². The summed E-state index contributed by atoms with van der Waals surface area (Å²) in [7, 11) is 0. The molecule has 132 valence electrons. The third-order valence-corrected chi connectivity index (χ3v) is 5.30. The molecule has 1 N–H and O–H groups in total. The molecule has 2 aromatic rings. The number of anilines is 2. The fourth-order valence-corrected chi connectivity index (χ4v) is 4.00. The van der Waals surface area contributed by atoms with Crippen LogP contribution >= 0.6 is 0 Å². The van der Waals surface area contributed by atoms with E-state index in [9.17, 15) is 0 Å². The van der Waals surface area contributed by atoms with Gasteiger partial charge >= 0.3 is 0 Å². The Kier molecular flexibility index (Phi) is 5.17. The first-order valence-corrected chi connectivity index (χ1v) is 9.61. The highest BCUT2D eigenvalue weighted by Gasteiger charge is 2.20. The van der Waals surface area contributed by atoms with Gasteiger partial charge in [0.2, 0.25) is 0 Å². The van der Waals surface area contributed by atoms with Crippen LogP contribution in [0.5, 0.6) is 0 Å². The van der Waals surface area contributed by atoms with Crippen molar-refractivity contribution in [2.75, 3.05) is 36.4 Å². The van der Waals surface area contributed by atoms with E-state index in [0.717, 1.165) is 37.7 Å². The minimum absolute atomic E-state index is 0.511. The third kappa shape index (κ3) is 4.31. The highest BCUT2D eigenvalue weighted by Crippen LogP contribution is 2.21. The first-order chi connectivity index (χ1) is 12.4. The lowest BCUT2D eigenvalue weighted by Crippen LogP contribution is -2.41. The number of pyridine rings is 1. The summed E-state index contributed by atoms with van der Waals surface area (Å²) in [6.07, 6.45) is 7.08. The SMILES string of the molecule is c1ccc(CN2CCCC(Nc3ccc(N4CCCC4)nc3)C2)cc1. The van der Waals surface area contributed by atoms with E-state index < -0.39 is 0 Å². The largest absolute Gasteiger partial charge is 0.380 e. The molecule has 0 amide bonds. The average Bonchev–Trinajstić information content (AvgIpc) is 3.18. The molecule has 0 bridgehead atoms. The van der Waals surface area contributed by atoms with Crippen molar-refractivity contribution in [2.24, 2.45) is 0 Å². The highest BCUT2D eigenvalue weighted by molar-refractivity contribution is 5.49. The number of nitrogens with zero attached hydrogens (tertiary/aromatic N) is 3. The van der Waals surface area contributed by atoms with Crippen molar-refractivity contribution < 1.29 is 0 Å². The van der Waals surface area contributed by atoms with Crippen LogP contribution in [0.25, 0.3) is 0 Å². The first-order valence-electron chi connectivity index (χ1n) is 9.61. The topological polar surface area (TPSA) is 31.4 Å². The number of rotatable bonds is 5. The number of aromatic nitrogens is 1. The van der Waals surface area contributed by atoms with Crippen LogP contribution in [0.3, 0.4) is 0 Å². The molecule has 4 nitrogen and oxygen atoms in total. The molecule has 2 aliphatic heterocycles.